The molecular weight excluding hydrogens is 540 g/mol. The van der Waals surface area contributed by atoms with Gasteiger partial charge >= 0.3 is 0 Å². The van der Waals surface area contributed by atoms with E-state index in [0.717, 1.165) is 47.1 Å². The fraction of sp³-hybridized carbons (Fsp3) is 0.324. The van der Waals surface area contributed by atoms with Gasteiger partial charge in [-0.1, -0.05) is 18.2 Å². The van der Waals surface area contributed by atoms with Gasteiger partial charge in [-0.3, -0.25) is 9.78 Å². The van der Waals surface area contributed by atoms with Gasteiger partial charge in [0.1, 0.15) is 0 Å². The number of benzene rings is 2. The van der Waals surface area contributed by atoms with Gasteiger partial charge < -0.3 is 25.0 Å². The molecule has 0 aliphatic carbocycles. The average Bonchev–Trinajstić information content (AvgIpc) is 3.47. The number of carbonyl (C=O) groups excluding carboxylic acids is 1. The second kappa shape index (κ2) is 12.8. The number of anilines is 2. The van der Waals surface area contributed by atoms with E-state index in [1.165, 1.54) is 11.3 Å². The van der Waals surface area contributed by atoms with E-state index in [1.54, 1.807) is 0 Å². The van der Waals surface area contributed by atoms with E-state index in [9.17, 15) is 4.79 Å². The summed E-state index contributed by atoms with van der Waals surface area (Å²) in [4.78, 5) is 22.2. The smallest absolute Gasteiger partial charge is 0.226 e. The van der Waals surface area contributed by atoms with E-state index in [4.69, 9.17) is 12.2 Å². The molecule has 0 radical (unpaired) electrons. The van der Waals surface area contributed by atoms with Crippen LogP contribution < -0.4 is 15.5 Å². The molecule has 218 valence electrons. The predicted octanol–water partition coefficient (Wildman–Crippen LogP) is 6.65. The first kappa shape index (κ1) is 29.3. The van der Waals surface area contributed by atoms with Crippen molar-refractivity contribution < 1.29 is 4.79 Å². The van der Waals surface area contributed by atoms with Crippen LogP contribution in [0.25, 0.3) is 5.69 Å². The normalized spacial score (nSPS) is 16.4. The van der Waals surface area contributed by atoms with E-state index in [2.05, 4.69) is 88.0 Å². The summed E-state index contributed by atoms with van der Waals surface area (Å²) in [5.41, 5.74) is 8.64. The SMILES string of the molecule is CCN(CC)c1ccc(-n2c(C)cc([C@@H]3[C@H](c4ccccn4)NC(=S)N3CCC(=O)Nc3cccc(C)c3)c2C)cc1. The number of rotatable bonds is 10. The molecule has 2 atom stereocenters. The van der Waals surface area contributed by atoms with Crippen LogP contribution in [-0.2, 0) is 4.79 Å². The van der Waals surface area contributed by atoms with Crippen molar-refractivity contribution in [1.29, 1.82) is 0 Å². The summed E-state index contributed by atoms with van der Waals surface area (Å²) >= 11 is 5.88. The topological polar surface area (TPSA) is 65.4 Å². The van der Waals surface area contributed by atoms with Crippen LogP contribution in [0.5, 0.6) is 0 Å². The van der Waals surface area contributed by atoms with Gasteiger partial charge in [0, 0.05) is 60.7 Å². The summed E-state index contributed by atoms with van der Waals surface area (Å²) in [7, 11) is 0. The van der Waals surface area contributed by atoms with Crippen molar-refractivity contribution >= 4 is 34.6 Å². The maximum Gasteiger partial charge on any atom is 0.226 e. The number of aryl methyl sites for hydroxylation is 2. The van der Waals surface area contributed by atoms with Crippen LogP contribution >= 0.6 is 12.2 Å². The zero-order chi connectivity index (χ0) is 29.8. The second-order valence-electron chi connectivity index (χ2n) is 10.8. The molecule has 8 heteroatoms. The predicted molar refractivity (Wildman–Crippen MR) is 175 cm³/mol. The van der Waals surface area contributed by atoms with Crippen molar-refractivity contribution in [1.82, 2.24) is 19.8 Å². The van der Waals surface area contributed by atoms with Crippen LogP contribution in [0.1, 0.15) is 60.6 Å². The summed E-state index contributed by atoms with van der Waals surface area (Å²) in [5, 5.41) is 7.20. The third-order valence-electron chi connectivity index (χ3n) is 8.10. The van der Waals surface area contributed by atoms with Gasteiger partial charge in [0.2, 0.25) is 5.91 Å². The summed E-state index contributed by atoms with van der Waals surface area (Å²) in [6.45, 7) is 13.1. The first-order valence-corrected chi connectivity index (χ1v) is 15.1. The summed E-state index contributed by atoms with van der Waals surface area (Å²) in [6, 6.07) is 24.6. The second-order valence-corrected chi connectivity index (χ2v) is 11.2. The van der Waals surface area contributed by atoms with Crippen molar-refractivity contribution in [2.45, 2.75) is 53.1 Å². The zero-order valence-corrected chi connectivity index (χ0v) is 25.9. The average molecular weight is 581 g/mol. The molecule has 1 saturated heterocycles. The van der Waals surface area contributed by atoms with Crippen LogP contribution in [0.2, 0.25) is 0 Å². The number of thiocarbonyl (C=S) groups is 1. The Morgan fingerprint density at radius 1 is 1.00 bits per heavy atom. The van der Waals surface area contributed by atoms with Crippen LogP contribution in [-0.4, -0.2) is 45.1 Å². The molecule has 1 aliphatic rings. The third-order valence-corrected chi connectivity index (χ3v) is 8.46. The molecule has 4 aromatic rings. The molecule has 0 spiro atoms. The van der Waals surface area contributed by atoms with E-state index in [-0.39, 0.29) is 18.0 Å². The van der Waals surface area contributed by atoms with Gasteiger partial charge in [-0.15, -0.1) is 0 Å². The first-order chi connectivity index (χ1) is 20.3. The summed E-state index contributed by atoms with van der Waals surface area (Å²) in [5.74, 6) is -0.0396. The summed E-state index contributed by atoms with van der Waals surface area (Å²) in [6.07, 6.45) is 2.13. The van der Waals surface area contributed by atoms with E-state index in [1.807, 2.05) is 55.6 Å². The molecule has 0 bridgehead atoms. The lowest BCUT2D eigenvalue weighted by atomic mass is 9.96. The van der Waals surface area contributed by atoms with Crippen LogP contribution in [0.4, 0.5) is 11.4 Å². The standard InChI is InChI=1S/C34H40N6OS/c1-6-38(7-2)27-14-16-28(17-15-27)40-24(4)22-29(25(40)5)33-32(30-13-8-9-19-35-30)37-34(42)39(33)20-18-31(41)36-26-12-10-11-23(3)21-26/h8-17,19,21-22,32-33H,6-7,18,20H2,1-5H3,(H,36,41)(H,37,42)/t32-,33+/m0/s1. The minimum Gasteiger partial charge on any atom is -0.372 e. The third kappa shape index (κ3) is 6.04. The Hall–Kier alpha value is -4.17. The minimum absolute atomic E-state index is 0.0396. The van der Waals surface area contributed by atoms with E-state index < -0.39 is 0 Å². The Kier molecular flexibility index (Phi) is 8.92. The zero-order valence-electron chi connectivity index (χ0n) is 25.1. The lowest BCUT2D eigenvalue weighted by Crippen LogP contribution is -2.32. The highest BCUT2D eigenvalue weighted by Crippen LogP contribution is 2.41. The molecule has 1 fully saturated rings. The molecular formula is C34H40N6OS. The Bertz CT molecular complexity index is 1540. The van der Waals surface area contributed by atoms with Gasteiger partial charge in [-0.05, 0) is 113 Å². The van der Waals surface area contributed by atoms with Crippen LogP contribution in [0, 0.1) is 20.8 Å². The van der Waals surface area contributed by atoms with Crippen molar-refractivity contribution in [3.63, 3.8) is 0 Å². The monoisotopic (exact) mass is 580 g/mol. The summed E-state index contributed by atoms with van der Waals surface area (Å²) < 4.78 is 2.31. The molecule has 2 aromatic heterocycles. The largest absolute Gasteiger partial charge is 0.372 e. The molecule has 2 aromatic carbocycles. The quantitative estimate of drug-likeness (QED) is 0.205. The number of pyridine rings is 1. The van der Waals surface area contributed by atoms with E-state index in [0.29, 0.717) is 18.1 Å². The minimum atomic E-state index is -0.141. The van der Waals surface area contributed by atoms with Crippen molar-refractivity contribution in [2.24, 2.45) is 0 Å². The van der Waals surface area contributed by atoms with Gasteiger partial charge in [-0.2, -0.15) is 0 Å². The number of amides is 1. The van der Waals surface area contributed by atoms with Crippen molar-refractivity contribution in [3.05, 3.63) is 107 Å². The van der Waals surface area contributed by atoms with Crippen LogP contribution in [0.3, 0.4) is 0 Å². The highest BCUT2D eigenvalue weighted by atomic mass is 32.1. The molecule has 0 unspecified atom stereocenters. The fourth-order valence-electron chi connectivity index (χ4n) is 6.04. The molecule has 7 nitrogen and oxygen atoms in total. The maximum atomic E-state index is 13.0. The lowest BCUT2D eigenvalue weighted by Gasteiger charge is -2.28. The lowest BCUT2D eigenvalue weighted by molar-refractivity contribution is -0.116. The van der Waals surface area contributed by atoms with Gasteiger partial charge in [-0.25, -0.2) is 0 Å². The Morgan fingerprint density at radius 2 is 1.76 bits per heavy atom. The molecule has 42 heavy (non-hydrogen) atoms. The number of nitrogens with one attached hydrogen (secondary N) is 2. The number of nitrogens with zero attached hydrogens (tertiary/aromatic N) is 4. The highest BCUT2D eigenvalue weighted by Gasteiger charge is 2.41. The Morgan fingerprint density at radius 3 is 2.43 bits per heavy atom. The van der Waals surface area contributed by atoms with Crippen molar-refractivity contribution in [3.8, 4) is 5.69 Å². The first-order valence-electron chi connectivity index (χ1n) is 14.7. The van der Waals surface area contributed by atoms with Gasteiger partial charge in [0.25, 0.3) is 0 Å². The highest BCUT2D eigenvalue weighted by molar-refractivity contribution is 7.80. The molecule has 3 heterocycles. The van der Waals surface area contributed by atoms with Gasteiger partial charge in [0.05, 0.1) is 17.8 Å². The van der Waals surface area contributed by atoms with Crippen molar-refractivity contribution in [2.75, 3.05) is 29.9 Å². The fourth-order valence-corrected chi connectivity index (χ4v) is 6.37. The van der Waals surface area contributed by atoms with Crippen LogP contribution in [0.15, 0.2) is 79.0 Å². The molecule has 1 aliphatic heterocycles. The Balaban J connectivity index is 1.45. The molecule has 5 rings (SSSR count). The maximum absolute atomic E-state index is 13.0. The van der Waals surface area contributed by atoms with Gasteiger partial charge in [0.15, 0.2) is 5.11 Å². The number of aromatic nitrogens is 2. The number of carbonyl (C=O) groups is 1. The number of hydrogen-bond acceptors (Lipinski definition) is 4. The Labute approximate surface area is 254 Å². The molecule has 0 saturated carbocycles. The number of hydrogen-bond donors (Lipinski definition) is 2. The molecule has 2 N–H and O–H groups in total. The molecule has 1 amide bonds. The van der Waals surface area contributed by atoms with E-state index >= 15 is 0 Å².